The molecule has 0 bridgehead atoms. The van der Waals surface area contributed by atoms with E-state index in [1.807, 2.05) is 19.1 Å². The lowest BCUT2D eigenvalue weighted by atomic mass is 10.2. The zero-order valence-corrected chi connectivity index (χ0v) is 16.7. The highest BCUT2D eigenvalue weighted by Crippen LogP contribution is 2.36. The maximum absolute atomic E-state index is 12.6. The Morgan fingerprint density at radius 3 is 2.56 bits per heavy atom. The van der Waals surface area contributed by atoms with Crippen molar-refractivity contribution in [2.75, 3.05) is 31.1 Å². The Kier molecular flexibility index (Phi) is 4.49. The van der Waals surface area contributed by atoms with Crippen molar-refractivity contribution >= 4 is 59.6 Å². The van der Waals surface area contributed by atoms with Crippen LogP contribution in [0.3, 0.4) is 0 Å². The second kappa shape index (κ2) is 6.51. The highest BCUT2D eigenvalue weighted by Gasteiger charge is 2.30. The van der Waals surface area contributed by atoms with Crippen molar-refractivity contribution < 1.29 is 8.42 Å². The maximum Gasteiger partial charge on any atom is 0.252 e. The van der Waals surface area contributed by atoms with Crippen molar-refractivity contribution in [2.24, 2.45) is 0 Å². The SMILES string of the molecule is Cc1ccc(Cl)c2sc(N3CCN(S(=O)(=O)c4cccs4)CC3)nc12. The largest absolute Gasteiger partial charge is 0.345 e. The van der Waals surface area contributed by atoms with Crippen LogP contribution in [-0.2, 0) is 10.0 Å². The average Bonchev–Trinajstić information content (AvgIpc) is 3.28. The van der Waals surface area contributed by atoms with E-state index >= 15 is 0 Å². The van der Waals surface area contributed by atoms with Crippen molar-refractivity contribution in [3.8, 4) is 0 Å². The number of rotatable bonds is 3. The van der Waals surface area contributed by atoms with Gasteiger partial charge in [0.25, 0.3) is 10.0 Å². The van der Waals surface area contributed by atoms with Crippen molar-refractivity contribution in [3.63, 3.8) is 0 Å². The number of aromatic nitrogens is 1. The van der Waals surface area contributed by atoms with Gasteiger partial charge in [0.2, 0.25) is 0 Å². The highest BCUT2D eigenvalue weighted by atomic mass is 35.5. The molecule has 0 radical (unpaired) electrons. The van der Waals surface area contributed by atoms with Gasteiger partial charge in [0, 0.05) is 26.2 Å². The number of fused-ring (bicyclic) bond motifs is 1. The van der Waals surface area contributed by atoms with Crippen molar-refractivity contribution in [3.05, 3.63) is 40.2 Å². The van der Waals surface area contributed by atoms with Gasteiger partial charge in [-0.25, -0.2) is 13.4 Å². The summed E-state index contributed by atoms with van der Waals surface area (Å²) >= 11 is 9.11. The predicted molar refractivity (Wildman–Crippen MR) is 105 cm³/mol. The van der Waals surface area contributed by atoms with Crippen LogP contribution in [-0.4, -0.2) is 43.9 Å². The van der Waals surface area contributed by atoms with E-state index < -0.39 is 10.0 Å². The minimum atomic E-state index is -3.38. The van der Waals surface area contributed by atoms with E-state index in [0.29, 0.717) is 35.4 Å². The van der Waals surface area contributed by atoms with E-state index in [1.54, 1.807) is 33.2 Å². The Morgan fingerprint density at radius 1 is 1.16 bits per heavy atom. The molecule has 5 nitrogen and oxygen atoms in total. The number of thiophene rings is 1. The van der Waals surface area contributed by atoms with Crippen LogP contribution in [0.15, 0.2) is 33.9 Å². The number of hydrogen-bond donors (Lipinski definition) is 0. The number of piperazine rings is 1. The van der Waals surface area contributed by atoms with Gasteiger partial charge in [-0.1, -0.05) is 35.1 Å². The van der Waals surface area contributed by atoms with E-state index in [1.165, 1.54) is 11.3 Å². The lowest BCUT2D eigenvalue weighted by Gasteiger charge is -2.33. The van der Waals surface area contributed by atoms with E-state index in [0.717, 1.165) is 20.9 Å². The molecule has 1 aliphatic heterocycles. The normalized spacial score (nSPS) is 16.6. The van der Waals surface area contributed by atoms with Gasteiger partial charge in [0.1, 0.15) is 4.21 Å². The zero-order chi connectivity index (χ0) is 17.6. The van der Waals surface area contributed by atoms with Gasteiger partial charge in [-0.05, 0) is 30.0 Å². The number of nitrogens with zero attached hydrogens (tertiary/aromatic N) is 3. The number of aryl methyl sites for hydroxylation is 1. The van der Waals surface area contributed by atoms with Gasteiger partial charge < -0.3 is 4.90 Å². The Labute approximate surface area is 159 Å². The van der Waals surface area contributed by atoms with Gasteiger partial charge in [0.15, 0.2) is 5.13 Å². The van der Waals surface area contributed by atoms with Crippen LogP contribution in [0.5, 0.6) is 0 Å². The quantitative estimate of drug-likeness (QED) is 0.654. The van der Waals surface area contributed by atoms with Crippen molar-refractivity contribution in [1.29, 1.82) is 0 Å². The Morgan fingerprint density at radius 2 is 1.92 bits per heavy atom. The van der Waals surface area contributed by atoms with Gasteiger partial charge in [-0.3, -0.25) is 0 Å². The van der Waals surface area contributed by atoms with Crippen LogP contribution in [0.25, 0.3) is 10.2 Å². The van der Waals surface area contributed by atoms with E-state index in [4.69, 9.17) is 16.6 Å². The summed E-state index contributed by atoms with van der Waals surface area (Å²) in [6.07, 6.45) is 0. The van der Waals surface area contributed by atoms with Crippen LogP contribution in [0.4, 0.5) is 5.13 Å². The van der Waals surface area contributed by atoms with Crippen LogP contribution >= 0.6 is 34.3 Å². The summed E-state index contributed by atoms with van der Waals surface area (Å²) in [5.41, 5.74) is 2.03. The molecule has 1 aliphatic rings. The van der Waals surface area contributed by atoms with Crippen LogP contribution in [0, 0.1) is 6.92 Å². The van der Waals surface area contributed by atoms with E-state index in [-0.39, 0.29) is 0 Å². The van der Waals surface area contributed by atoms with Crippen LogP contribution in [0.1, 0.15) is 5.56 Å². The monoisotopic (exact) mass is 413 g/mol. The fraction of sp³-hybridized carbons (Fsp3) is 0.312. The molecular formula is C16H16ClN3O2S3. The average molecular weight is 414 g/mol. The summed E-state index contributed by atoms with van der Waals surface area (Å²) < 4.78 is 28.2. The number of halogens is 1. The number of anilines is 1. The molecule has 0 atom stereocenters. The molecule has 0 N–H and O–H groups in total. The van der Waals surface area contributed by atoms with Gasteiger partial charge in [-0.2, -0.15) is 4.31 Å². The summed E-state index contributed by atoms with van der Waals surface area (Å²) in [6.45, 7) is 4.20. The number of hydrogen-bond acceptors (Lipinski definition) is 6. The summed E-state index contributed by atoms with van der Waals surface area (Å²) in [7, 11) is -3.38. The Bertz CT molecular complexity index is 968. The molecule has 0 saturated carbocycles. The summed E-state index contributed by atoms with van der Waals surface area (Å²) in [4.78, 5) is 6.87. The summed E-state index contributed by atoms with van der Waals surface area (Å²) in [5, 5.41) is 3.40. The lowest BCUT2D eigenvalue weighted by molar-refractivity contribution is 0.386. The molecule has 9 heteroatoms. The van der Waals surface area contributed by atoms with Gasteiger partial charge >= 0.3 is 0 Å². The van der Waals surface area contributed by atoms with Gasteiger partial charge in [-0.15, -0.1) is 11.3 Å². The third-order valence-electron chi connectivity index (χ3n) is 4.28. The first kappa shape index (κ1) is 17.2. The molecule has 0 spiro atoms. The molecule has 3 heterocycles. The van der Waals surface area contributed by atoms with E-state index in [2.05, 4.69) is 4.90 Å². The first-order chi connectivity index (χ1) is 12.0. The molecular weight excluding hydrogens is 398 g/mol. The topological polar surface area (TPSA) is 53.5 Å². The van der Waals surface area contributed by atoms with Gasteiger partial charge in [0.05, 0.1) is 15.2 Å². The molecule has 1 fully saturated rings. The molecule has 132 valence electrons. The molecule has 2 aromatic heterocycles. The second-order valence-corrected chi connectivity index (χ2v) is 10.4. The standard InChI is InChI=1S/C16H16ClN3O2S3/c1-11-4-5-12(17)15-14(11)18-16(24-15)19-6-8-20(9-7-19)25(21,22)13-3-2-10-23-13/h2-5,10H,6-9H2,1H3. The minimum Gasteiger partial charge on any atom is -0.345 e. The highest BCUT2D eigenvalue weighted by molar-refractivity contribution is 7.91. The van der Waals surface area contributed by atoms with Crippen LogP contribution in [0.2, 0.25) is 5.02 Å². The number of thiazole rings is 1. The Balaban J connectivity index is 1.55. The molecule has 4 rings (SSSR count). The first-order valence-electron chi connectivity index (χ1n) is 7.81. The molecule has 0 unspecified atom stereocenters. The molecule has 0 aliphatic carbocycles. The lowest BCUT2D eigenvalue weighted by Crippen LogP contribution is -2.48. The third kappa shape index (κ3) is 3.06. The Hall–Kier alpha value is -1.19. The first-order valence-corrected chi connectivity index (χ1v) is 11.3. The molecule has 25 heavy (non-hydrogen) atoms. The number of sulfonamides is 1. The molecule has 1 aromatic carbocycles. The van der Waals surface area contributed by atoms with Crippen molar-refractivity contribution in [1.82, 2.24) is 9.29 Å². The predicted octanol–water partition coefficient (Wildman–Crippen LogP) is 3.83. The fourth-order valence-corrected chi connectivity index (χ4v) is 6.82. The minimum absolute atomic E-state index is 0.406. The van der Waals surface area contributed by atoms with E-state index in [9.17, 15) is 8.42 Å². The zero-order valence-electron chi connectivity index (χ0n) is 13.5. The molecule has 0 amide bonds. The third-order valence-corrected chi connectivity index (χ3v) is 9.13. The summed E-state index contributed by atoms with van der Waals surface area (Å²) in [5.74, 6) is 0. The summed E-state index contributed by atoms with van der Waals surface area (Å²) in [6, 6.07) is 7.29. The smallest absolute Gasteiger partial charge is 0.252 e. The number of benzene rings is 1. The fourth-order valence-electron chi connectivity index (χ4n) is 2.88. The molecule has 3 aromatic rings. The van der Waals surface area contributed by atoms with Crippen LogP contribution < -0.4 is 4.90 Å². The second-order valence-electron chi connectivity index (χ2n) is 5.86. The maximum atomic E-state index is 12.6. The molecule has 1 saturated heterocycles. The van der Waals surface area contributed by atoms with Crippen molar-refractivity contribution in [2.45, 2.75) is 11.1 Å².